The van der Waals surface area contributed by atoms with Gasteiger partial charge in [0.05, 0.1) is 0 Å². The van der Waals surface area contributed by atoms with Crippen molar-refractivity contribution < 1.29 is 4.42 Å². The molecule has 0 saturated heterocycles. The van der Waals surface area contributed by atoms with Crippen LogP contribution in [0.2, 0.25) is 0 Å². The van der Waals surface area contributed by atoms with E-state index in [0.29, 0.717) is 0 Å². The molecule has 0 N–H and O–H groups in total. The summed E-state index contributed by atoms with van der Waals surface area (Å²) in [5.74, 6) is 0. The van der Waals surface area contributed by atoms with E-state index < -0.39 is 0 Å². The number of furan rings is 1. The molecule has 0 aliphatic heterocycles. The Morgan fingerprint density at radius 2 is 0.854 bits per heavy atom. The first kappa shape index (κ1) is 29.5. The van der Waals surface area contributed by atoms with Crippen LogP contribution in [0.3, 0.4) is 0 Å². The van der Waals surface area contributed by atoms with Crippen molar-refractivity contribution in [2.24, 2.45) is 0 Å². The highest BCUT2D eigenvalue weighted by Gasteiger charge is 2.18. The SMILES string of the molecule is CC(C)(C)c1ccc(N(c2ccc(-c3ccc(-c4ccccc4)cc3)cc2)c2ccc(-c3cccc4c3oc3ccccc34)cc2)cc1. The van der Waals surface area contributed by atoms with Gasteiger partial charge in [-0.15, -0.1) is 0 Å². The zero-order chi connectivity index (χ0) is 32.7. The number of para-hydroxylation sites is 2. The molecule has 8 rings (SSSR count). The highest BCUT2D eigenvalue weighted by atomic mass is 16.3. The summed E-state index contributed by atoms with van der Waals surface area (Å²) < 4.78 is 6.36. The quantitative estimate of drug-likeness (QED) is 0.184. The number of nitrogens with zero attached hydrogens (tertiary/aromatic N) is 1. The maximum absolute atomic E-state index is 6.36. The lowest BCUT2D eigenvalue weighted by molar-refractivity contribution is 0.590. The first-order chi connectivity index (χ1) is 23.4. The largest absolute Gasteiger partial charge is 0.455 e. The summed E-state index contributed by atoms with van der Waals surface area (Å²) in [6, 6.07) is 60.7. The molecule has 0 aliphatic carbocycles. The van der Waals surface area contributed by atoms with Gasteiger partial charge < -0.3 is 9.32 Å². The lowest BCUT2D eigenvalue weighted by Crippen LogP contribution is -2.13. The zero-order valence-electron chi connectivity index (χ0n) is 27.5. The molecule has 0 unspecified atom stereocenters. The van der Waals surface area contributed by atoms with Crippen molar-refractivity contribution in [3.05, 3.63) is 175 Å². The molecule has 1 aromatic heterocycles. The van der Waals surface area contributed by atoms with Gasteiger partial charge in [-0.1, -0.05) is 148 Å². The Morgan fingerprint density at radius 3 is 1.44 bits per heavy atom. The maximum Gasteiger partial charge on any atom is 0.143 e. The number of hydrogen-bond acceptors (Lipinski definition) is 2. The molecule has 0 amide bonds. The third kappa shape index (κ3) is 5.56. The fourth-order valence-corrected chi connectivity index (χ4v) is 6.61. The van der Waals surface area contributed by atoms with Crippen LogP contribution in [0.1, 0.15) is 26.3 Å². The second-order valence-electron chi connectivity index (χ2n) is 13.4. The molecule has 8 aromatic rings. The Bertz CT molecular complexity index is 2320. The van der Waals surface area contributed by atoms with Gasteiger partial charge in [-0.05, 0) is 81.3 Å². The zero-order valence-corrected chi connectivity index (χ0v) is 27.5. The average molecular weight is 620 g/mol. The Balaban J connectivity index is 1.15. The summed E-state index contributed by atoms with van der Waals surface area (Å²) in [7, 11) is 0. The van der Waals surface area contributed by atoms with Gasteiger partial charge in [0.25, 0.3) is 0 Å². The van der Waals surface area contributed by atoms with Crippen molar-refractivity contribution in [1.82, 2.24) is 0 Å². The van der Waals surface area contributed by atoms with Crippen LogP contribution in [0.4, 0.5) is 17.1 Å². The van der Waals surface area contributed by atoms with Gasteiger partial charge >= 0.3 is 0 Å². The molecule has 0 spiro atoms. The highest BCUT2D eigenvalue weighted by molar-refractivity contribution is 6.09. The predicted molar refractivity (Wildman–Crippen MR) is 203 cm³/mol. The normalized spacial score (nSPS) is 11.6. The molecular formula is C46H37NO. The Hall–Kier alpha value is -5.86. The Morgan fingerprint density at radius 1 is 0.396 bits per heavy atom. The molecule has 0 aliphatic rings. The van der Waals surface area contributed by atoms with Crippen molar-refractivity contribution in [3.63, 3.8) is 0 Å². The minimum Gasteiger partial charge on any atom is -0.455 e. The molecule has 0 saturated carbocycles. The van der Waals surface area contributed by atoms with Gasteiger partial charge in [0, 0.05) is 33.4 Å². The van der Waals surface area contributed by atoms with E-state index in [-0.39, 0.29) is 5.41 Å². The van der Waals surface area contributed by atoms with Crippen LogP contribution in [0.25, 0.3) is 55.3 Å². The molecule has 1 heterocycles. The molecule has 48 heavy (non-hydrogen) atoms. The molecule has 2 heteroatoms. The van der Waals surface area contributed by atoms with Gasteiger partial charge in [-0.3, -0.25) is 0 Å². The third-order valence-electron chi connectivity index (χ3n) is 9.28. The van der Waals surface area contributed by atoms with Crippen molar-refractivity contribution in [3.8, 4) is 33.4 Å². The summed E-state index contributed by atoms with van der Waals surface area (Å²) in [6.45, 7) is 6.77. The van der Waals surface area contributed by atoms with E-state index in [9.17, 15) is 0 Å². The van der Waals surface area contributed by atoms with Crippen molar-refractivity contribution in [1.29, 1.82) is 0 Å². The van der Waals surface area contributed by atoms with Gasteiger partial charge in [-0.2, -0.15) is 0 Å². The van der Waals surface area contributed by atoms with Gasteiger partial charge in [0.2, 0.25) is 0 Å². The molecule has 0 radical (unpaired) electrons. The predicted octanol–water partition coefficient (Wildman–Crippen LogP) is 13.4. The minimum absolute atomic E-state index is 0.0837. The second-order valence-corrected chi connectivity index (χ2v) is 13.4. The van der Waals surface area contributed by atoms with E-state index in [1.54, 1.807) is 0 Å². The smallest absolute Gasteiger partial charge is 0.143 e. The van der Waals surface area contributed by atoms with Crippen LogP contribution < -0.4 is 4.90 Å². The van der Waals surface area contributed by atoms with E-state index in [0.717, 1.165) is 50.1 Å². The number of hydrogen-bond donors (Lipinski definition) is 0. The molecule has 2 nitrogen and oxygen atoms in total. The summed E-state index contributed by atoms with van der Waals surface area (Å²) in [6.07, 6.45) is 0. The topological polar surface area (TPSA) is 16.4 Å². The van der Waals surface area contributed by atoms with Gasteiger partial charge in [-0.25, -0.2) is 0 Å². The number of anilines is 3. The third-order valence-corrected chi connectivity index (χ3v) is 9.28. The van der Waals surface area contributed by atoms with E-state index in [2.05, 4.69) is 183 Å². The van der Waals surface area contributed by atoms with Gasteiger partial charge in [0.15, 0.2) is 0 Å². The lowest BCUT2D eigenvalue weighted by Gasteiger charge is -2.27. The van der Waals surface area contributed by atoms with Crippen molar-refractivity contribution >= 4 is 39.0 Å². The van der Waals surface area contributed by atoms with E-state index in [1.807, 2.05) is 12.1 Å². The first-order valence-corrected chi connectivity index (χ1v) is 16.6. The molecule has 7 aromatic carbocycles. The molecule has 232 valence electrons. The van der Waals surface area contributed by atoms with Crippen LogP contribution in [0.15, 0.2) is 174 Å². The number of rotatable bonds is 6. The summed E-state index contributed by atoms with van der Waals surface area (Å²) in [4.78, 5) is 2.33. The summed E-state index contributed by atoms with van der Waals surface area (Å²) in [5.41, 5.74) is 13.6. The van der Waals surface area contributed by atoms with E-state index >= 15 is 0 Å². The average Bonchev–Trinajstić information content (AvgIpc) is 3.52. The number of benzene rings is 7. The lowest BCUT2D eigenvalue weighted by atomic mass is 9.87. The van der Waals surface area contributed by atoms with Crippen LogP contribution in [-0.2, 0) is 5.41 Å². The Labute approximate surface area is 282 Å². The molecule has 0 fully saturated rings. The monoisotopic (exact) mass is 619 g/mol. The second kappa shape index (κ2) is 12.1. The fourth-order valence-electron chi connectivity index (χ4n) is 6.61. The van der Waals surface area contributed by atoms with E-state index in [1.165, 1.54) is 27.8 Å². The maximum atomic E-state index is 6.36. The van der Waals surface area contributed by atoms with Crippen LogP contribution in [0.5, 0.6) is 0 Å². The van der Waals surface area contributed by atoms with Gasteiger partial charge in [0.1, 0.15) is 11.2 Å². The summed E-state index contributed by atoms with van der Waals surface area (Å²) in [5, 5.41) is 2.29. The molecule has 0 bridgehead atoms. The first-order valence-electron chi connectivity index (χ1n) is 16.6. The highest BCUT2D eigenvalue weighted by Crippen LogP contribution is 2.40. The summed E-state index contributed by atoms with van der Waals surface area (Å²) >= 11 is 0. The van der Waals surface area contributed by atoms with Crippen molar-refractivity contribution in [2.75, 3.05) is 4.90 Å². The van der Waals surface area contributed by atoms with Crippen LogP contribution in [-0.4, -0.2) is 0 Å². The fraction of sp³-hybridized carbons (Fsp3) is 0.0870. The van der Waals surface area contributed by atoms with Crippen molar-refractivity contribution in [2.45, 2.75) is 26.2 Å². The standard InChI is InChI=1S/C46H37NO/c1-46(2,3)37-24-30-40(31-25-37)47(38-26-20-35(21-27-38)34-18-16-33(17-19-34)32-10-5-4-6-11-32)39-28-22-36(23-29-39)41-13-9-14-43-42-12-7-8-15-44(42)48-45(41)43/h4-31H,1-3H3. The van der Waals surface area contributed by atoms with Crippen LogP contribution in [0, 0.1) is 0 Å². The molecular weight excluding hydrogens is 583 g/mol. The minimum atomic E-state index is 0.0837. The van der Waals surface area contributed by atoms with E-state index in [4.69, 9.17) is 4.42 Å². The molecule has 0 atom stereocenters. The van der Waals surface area contributed by atoms with Crippen LogP contribution >= 0.6 is 0 Å². The Kier molecular flexibility index (Phi) is 7.42. The number of fused-ring (bicyclic) bond motifs is 3.